The summed E-state index contributed by atoms with van der Waals surface area (Å²) in [4.78, 5) is 29.8. The number of amidine groups is 1. The van der Waals surface area contributed by atoms with Crippen molar-refractivity contribution >= 4 is 44.8 Å². The Kier molecular flexibility index (Phi) is 3.19. The van der Waals surface area contributed by atoms with Gasteiger partial charge in [0.05, 0.1) is 33.5 Å². The molecule has 0 aliphatic carbocycles. The van der Waals surface area contributed by atoms with Crippen molar-refractivity contribution in [3.63, 3.8) is 0 Å². The van der Waals surface area contributed by atoms with E-state index < -0.39 is 11.8 Å². The first kappa shape index (κ1) is 15.7. The summed E-state index contributed by atoms with van der Waals surface area (Å²) in [6, 6.07) is 14.1. The molecule has 0 unspecified atom stereocenters. The van der Waals surface area contributed by atoms with Crippen molar-refractivity contribution in [2.75, 3.05) is 6.54 Å². The Morgan fingerprint density at radius 2 is 1.63 bits per heavy atom. The number of nitrogens with one attached hydrogen (secondary N) is 1. The molecule has 2 N–H and O–H groups in total. The zero-order valence-corrected chi connectivity index (χ0v) is 14.7. The molecule has 132 valence electrons. The fraction of sp³-hybridized carbons (Fsp3) is 0.0526. The molecule has 3 aromatic rings. The maximum atomic E-state index is 12.7. The van der Waals surface area contributed by atoms with Crippen LogP contribution in [0.15, 0.2) is 54.3 Å². The molecule has 0 atom stereocenters. The lowest BCUT2D eigenvalue weighted by Crippen LogP contribution is -2.47. The van der Waals surface area contributed by atoms with E-state index >= 15 is 0 Å². The first-order chi connectivity index (χ1) is 13.1. The van der Waals surface area contributed by atoms with Gasteiger partial charge in [-0.15, -0.1) is 11.3 Å². The number of thiazole rings is 1. The third kappa shape index (κ3) is 2.13. The SMILES string of the molecule is N=C1C(c2nc3ccccc3s2)=C(O)CN1N1C(=O)c2ccccc2C1=O. The predicted octanol–water partition coefficient (Wildman–Crippen LogP) is 3.07. The van der Waals surface area contributed by atoms with Gasteiger partial charge in [-0.05, 0) is 24.3 Å². The molecule has 2 aliphatic rings. The third-order valence-corrected chi connectivity index (χ3v) is 5.66. The molecule has 3 heterocycles. The van der Waals surface area contributed by atoms with E-state index in [1.807, 2.05) is 24.3 Å². The Hall–Kier alpha value is -3.52. The number of para-hydroxylation sites is 1. The minimum atomic E-state index is -0.501. The molecule has 0 spiro atoms. The van der Waals surface area contributed by atoms with Gasteiger partial charge in [0.15, 0.2) is 5.84 Å². The number of imide groups is 1. The molecule has 0 fully saturated rings. The molecule has 8 heteroatoms. The molecular formula is C19H12N4O3S. The van der Waals surface area contributed by atoms with Gasteiger partial charge >= 0.3 is 0 Å². The number of aliphatic hydroxyl groups excluding tert-OH is 1. The van der Waals surface area contributed by atoms with Crippen molar-refractivity contribution < 1.29 is 14.7 Å². The molecule has 2 aromatic carbocycles. The molecule has 0 bridgehead atoms. The molecule has 7 nitrogen and oxygen atoms in total. The van der Waals surface area contributed by atoms with Gasteiger partial charge < -0.3 is 5.11 Å². The Labute approximate surface area is 157 Å². The summed E-state index contributed by atoms with van der Waals surface area (Å²) in [7, 11) is 0. The number of fused-ring (bicyclic) bond motifs is 2. The summed E-state index contributed by atoms with van der Waals surface area (Å²) in [6.45, 7) is -0.129. The standard InChI is InChI=1S/C19H12N4O3S/c20-16-15(17-21-12-7-3-4-8-14(12)27-17)13(24)9-22(16)23-18(25)10-5-1-2-6-11(10)19(23)26/h1-8,20,24H,9H2. The molecular weight excluding hydrogens is 364 g/mol. The number of aromatic nitrogens is 1. The Balaban J connectivity index is 1.52. The number of benzene rings is 2. The lowest BCUT2D eigenvalue weighted by atomic mass is 10.1. The molecule has 0 saturated heterocycles. The van der Waals surface area contributed by atoms with Crippen LogP contribution in [0.1, 0.15) is 25.7 Å². The highest BCUT2D eigenvalue weighted by molar-refractivity contribution is 7.19. The fourth-order valence-corrected chi connectivity index (χ4v) is 4.37. The number of rotatable bonds is 2. The van der Waals surface area contributed by atoms with E-state index in [0.29, 0.717) is 16.1 Å². The van der Waals surface area contributed by atoms with Gasteiger partial charge in [-0.3, -0.25) is 15.0 Å². The lowest BCUT2D eigenvalue weighted by Gasteiger charge is -2.27. The van der Waals surface area contributed by atoms with Crippen molar-refractivity contribution in [3.8, 4) is 0 Å². The second-order valence-corrected chi connectivity index (χ2v) is 7.21. The average molecular weight is 376 g/mol. The zero-order chi connectivity index (χ0) is 18.7. The first-order valence-electron chi connectivity index (χ1n) is 8.18. The number of amides is 2. The second kappa shape index (κ2) is 5.49. The maximum absolute atomic E-state index is 12.7. The third-order valence-electron chi connectivity index (χ3n) is 4.60. The van der Waals surface area contributed by atoms with E-state index in [-0.39, 0.29) is 23.7 Å². The summed E-state index contributed by atoms with van der Waals surface area (Å²) < 4.78 is 0.930. The Morgan fingerprint density at radius 1 is 1.00 bits per heavy atom. The molecule has 5 rings (SSSR count). The topological polar surface area (TPSA) is 97.6 Å². The van der Waals surface area contributed by atoms with Crippen molar-refractivity contribution in [1.82, 2.24) is 15.0 Å². The number of nitrogens with zero attached hydrogens (tertiary/aromatic N) is 3. The number of carbonyl (C=O) groups excluding carboxylic acids is 2. The van der Waals surface area contributed by atoms with Crippen LogP contribution in [0.5, 0.6) is 0 Å². The molecule has 2 aliphatic heterocycles. The quantitative estimate of drug-likeness (QED) is 0.670. The Bertz CT molecular complexity index is 1130. The van der Waals surface area contributed by atoms with Crippen LogP contribution in [0.25, 0.3) is 15.8 Å². The summed E-state index contributed by atoms with van der Waals surface area (Å²) in [5.41, 5.74) is 1.60. The van der Waals surface area contributed by atoms with Crippen LogP contribution < -0.4 is 0 Å². The van der Waals surface area contributed by atoms with E-state index in [9.17, 15) is 14.7 Å². The normalized spacial score (nSPS) is 16.8. The highest BCUT2D eigenvalue weighted by atomic mass is 32.1. The van der Waals surface area contributed by atoms with Gasteiger partial charge in [0, 0.05) is 0 Å². The number of hydrazine groups is 1. The van der Waals surface area contributed by atoms with Crippen LogP contribution in [0, 0.1) is 5.41 Å². The maximum Gasteiger partial charge on any atom is 0.280 e. The fourth-order valence-electron chi connectivity index (χ4n) is 3.34. The van der Waals surface area contributed by atoms with Gasteiger partial charge in [-0.25, -0.2) is 9.99 Å². The van der Waals surface area contributed by atoms with Crippen molar-refractivity contribution in [1.29, 1.82) is 5.41 Å². The molecule has 1 aromatic heterocycles. The number of carbonyl (C=O) groups is 2. The van der Waals surface area contributed by atoms with E-state index in [2.05, 4.69) is 4.98 Å². The van der Waals surface area contributed by atoms with Gasteiger partial charge in [0.2, 0.25) is 0 Å². The molecule has 0 radical (unpaired) electrons. The van der Waals surface area contributed by atoms with Crippen LogP contribution in [0.4, 0.5) is 0 Å². The van der Waals surface area contributed by atoms with E-state index in [1.54, 1.807) is 24.3 Å². The predicted molar refractivity (Wildman–Crippen MR) is 101 cm³/mol. The number of hydrogen-bond donors (Lipinski definition) is 2. The van der Waals surface area contributed by atoms with Crippen molar-refractivity contribution in [2.24, 2.45) is 0 Å². The molecule has 0 saturated carbocycles. The van der Waals surface area contributed by atoms with Crippen molar-refractivity contribution in [2.45, 2.75) is 0 Å². The monoisotopic (exact) mass is 376 g/mol. The molecule has 27 heavy (non-hydrogen) atoms. The van der Waals surface area contributed by atoms with Gasteiger partial charge in [0.25, 0.3) is 11.8 Å². The van der Waals surface area contributed by atoms with E-state index in [1.165, 1.54) is 16.3 Å². The van der Waals surface area contributed by atoms with Crippen LogP contribution in [-0.2, 0) is 0 Å². The van der Waals surface area contributed by atoms with Gasteiger partial charge in [-0.2, -0.15) is 5.01 Å². The molecule has 2 amide bonds. The van der Waals surface area contributed by atoms with E-state index in [4.69, 9.17) is 5.41 Å². The summed E-state index contributed by atoms with van der Waals surface area (Å²) in [5.74, 6) is -1.21. The summed E-state index contributed by atoms with van der Waals surface area (Å²) in [5, 5.41) is 21.6. The minimum Gasteiger partial charge on any atom is -0.509 e. The smallest absolute Gasteiger partial charge is 0.280 e. The zero-order valence-electron chi connectivity index (χ0n) is 13.8. The number of hydrogen-bond acceptors (Lipinski definition) is 6. The van der Waals surface area contributed by atoms with Crippen LogP contribution in [0.2, 0.25) is 0 Å². The van der Waals surface area contributed by atoms with Crippen LogP contribution >= 0.6 is 11.3 Å². The van der Waals surface area contributed by atoms with Gasteiger partial charge in [0.1, 0.15) is 10.8 Å². The summed E-state index contributed by atoms with van der Waals surface area (Å²) >= 11 is 1.35. The summed E-state index contributed by atoms with van der Waals surface area (Å²) in [6.07, 6.45) is 0. The first-order valence-corrected chi connectivity index (χ1v) is 9.00. The minimum absolute atomic E-state index is 0.0874. The highest BCUT2D eigenvalue weighted by Gasteiger charge is 2.44. The van der Waals surface area contributed by atoms with Gasteiger partial charge in [-0.1, -0.05) is 24.3 Å². The second-order valence-electron chi connectivity index (χ2n) is 6.18. The Morgan fingerprint density at radius 3 is 2.30 bits per heavy atom. The average Bonchev–Trinajstić information content (AvgIpc) is 3.29. The van der Waals surface area contributed by atoms with Crippen LogP contribution in [0.3, 0.4) is 0 Å². The largest absolute Gasteiger partial charge is 0.509 e. The lowest BCUT2D eigenvalue weighted by molar-refractivity contribution is 0.0313. The van der Waals surface area contributed by atoms with Crippen LogP contribution in [-0.4, -0.2) is 44.3 Å². The number of aliphatic hydroxyl groups is 1. The van der Waals surface area contributed by atoms with Crippen molar-refractivity contribution in [3.05, 3.63) is 70.4 Å². The highest BCUT2D eigenvalue weighted by Crippen LogP contribution is 2.35. The van der Waals surface area contributed by atoms with E-state index in [0.717, 1.165) is 15.2 Å².